The van der Waals surface area contributed by atoms with Gasteiger partial charge in [0.1, 0.15) is 5.82 Å². The number of carbonyl (C=O) groups is 2. The third-order valence-electron chi connectivity index (χ3n) is 4.53. The lowest BCUT2D eigenvalue weighted by molar-refractivity contribution is 0.0995. The number of halogens is 1. The van der Waals surface area contributed by atoms with Crippen molar-refractivity contribution in [1.82, 2.24) is 9.78 Å². The van der Waals surface area contributed by atoms with Gasteiger partial charge >= 0.3 is 0 Å². The summed E-state index contributed by atoms with van der Waals surface area (Å²) in [6.07, 6.45) is 1.49. The standard InChI is InChI=1S/C22H23FN4O2/c1-13-5-10-16(11-17(13)20(24)28)26-21(29)18-12-25-27(22(2,3)4)19(18)14-6-8-15(23)9-7-14/h5-12H,1-4H3,(H2,24,28)(H,26,29). The zero-order chi connectivity index (χ0) is 21.3. The summed E-state index contributed by atoms with van der Waals surface area (Å²) in [6, 6.07) is 10.9. The number of carbonyl (C=O) groups excluding carboxylic acids is 2. The van der Waals surface area contributed by atoms with E-state index in [2.05, 4.69) is 10.4 Å². The minimum Gasteiger partial charge on any atom is -0.366 e. The summed E-state index contributed by atoms with van der Waals surface area (Å²) in [5, 5.41) is 7.19. The van der Waals surface area contributed by atoms with Gasteiger partial charge in [0.15, 0.2) is 0 Å². The van der Waals surface area contributed by atoms with Crippen LogP contribution in [0, 0.1) is 12.7 Å². The molecule has 0 bridgehead atoms. The van der Waals surface area contributed by atoms with Gasteiger partial charge < -0.3 is 11.1 Å². The molecule has 6 nitrogen and oxygen atoms in total. The summed E-state index contributed by atoms with van der Waals surface area (Å²) < 4.78 is 15.1. The molecule has 0 aliphatic heterocycles. The van der Waals surface area contributed by atoms with Crippen molar-refractivity contribution < 1.29 is 14.0 Å². The molecule has 7 heteroatoms. The molecule has 0 spiro atoms. The highest BCUT2D eigenvalue weighted by molar-refractivity contribution is 6.08. The van der Waals surface area contributed by atoms with Crippen LogP contribution in [0.4, 0.5) is 10.1 Å². The molecule has 3 rings (SSSR count). The van der Waals surface area contributed by atoms with E-state index < -0.39 is 11.4 Å². The van der Waals surface area contributed by atoms with E-state index in [1.54, 1.807) is 41.9 Å². The maximum Gasteiger partial charge on any atom is 0.259 e. The van der Waals surface area contributed by atoms with Crippen LogP contribution < -0.4 is 11.1 Å². The predicted octanol–water partition coefficient (Wildman–Crippen LogP) is 4.10. The van der Waals surface area contributed by atoms with Gasteiger partial charge in [-0.05, 0) is 69.7 Å². The van der Waals surface area contributed by atoms with Crippen LogP contribution in [-0.4, -0.2) is 21.6 Å². The van der Waals surface area contributed by atoms with Crippen molar-refractivity contribution in [2.75, 3.05) is 5.32 Å². The van der Waals surface area contributed by atoms with Crippen LogP contribution in [0.25, 0.3) is 11.3 Å². The molecule has 150 valence electrons. The summed E-state index contributed by atoms with van der Waals surface area (Å²) in [5.41, 5.74) is 8.10. The summed E-state index contributed by atoms with van der Waals surface area (Å²) in [5.74, 6) is -1.31. The van der Waals surface area contributed by atoms with Crippen LogP contribution in [0.15, 0.2) is 48.7 Å². The minimum atomic E-state index is -0.564. The van der Waals surface area contributed by atoms with E-state index in [1.807, 2.05) is 20.8 Å². The Morgan fingerprint density at radius 2 is 1.72 bits per heavy atom. The van der Waals surface area contributed by atoms with Gasteiger partial charge in [0.2, 0.25) is 5.91 Å². The van der Waals surface area contributed by atoms with E-state index in [9.17, 15) is 14.0 Å². The average molecular weight is 394 g/mol. The van der Waals surface area contributed by atoms with Crippen molar-refractivity contribution in [3.8, 4) is 11.3 Å². The van der Waals surface area contributed by atoms with E-state index in [1.165, 1.54) is 18.3 Å². The van der Waals surface area contributed by atoms with Crippen LogP contribution in [0.1, 0.15) is 47.1 Å². The first-order valence-electron chi connectivity index (χ1n) is 9.14. The number of nitrogens with one attached hydrogen (secondary N) is 1. The Kier molecular flexibility index (Phi) is 5.24. The number of hydrogen-bond acceptors (Lipinski definition) is 3. The molecule has 0 saturated heterocycles. The van der Waals surface area contributed by atoms with Gasteiger partial charge in [-0.25, -0.2) is 4.39 Å². The number of aryl methyl sites for hydroxylation is 1. The smallest absolute Gasteiger partial charge is 0.259 e. The molecule has 0 aliphatic rings. The largest absolute Gasteiger partial charge is 0.366 e. The second-order valence-electron chi connectivity index (χ2n) is 7.84. The second kappa shape index (κ2) is 7.50. The summed E-state index contributed by atoms with van der Waals surface area (Å²) in [7, 11) is 0. The van der Waals surface area contributed by atoms with E-state index in [-0.39, 0.29) is 11.7 Å². The average Bonchev–Trinajstić information content (AvgIpc) is 3.09. The molecule has 3 N–H and O–H groups in total. The normalized spacial score (nSPS) is 11.3. The Morgan fingerprint density at radius 1 is 1.07 bits per heavy atom. The molecule has 1 aromatic heterocycles. The molecule has 1 heterocycles. The number of primary amides is 1. The molecule has 0 atom stereocenters. The van der Waals surface area contributed by atoms with Gasteiger partial charge in [-0.2, -0.15) is 5.10 Å². The van der Waals surface area contributed by atoms with Crippen molar-refractivity contribution in [3.05, 3.63) is 71.2 Å². The van der Waals surface area contributed by atoms with Gasteiger partial charge in [-0.15, -0.1) is 0 Å². The fraction of sp³-hybridized carbons (Fsp3) is 0.227. The SMILES string of the molecule is Cc1ccc(NC(=O)c2cnn(C(C)(C)C)c2-c2ccc(F)cc2)cc1C(N)=O. The molecule has 2 aromatic carbocycles. The monoisotopic (exact) mass is 394 g/mol. The summed E-state index contributed by atoms with van der Waals surface area (Å²) in [4.78, 5) is 24.6. The molecule has 0 fully saturated rings. The Morgan fingerprint density at radius 3 is 2.31 bits per heavy atom. The molecule has 0 aliphatic carbocycles. The zero-order valence-electron chi connectivity index (χ0n) is 16.8. The quantitative estimate of drug-likeness (QED) is 0.698. The third-order valence-corrected chi connectivity index (χ3v) is 4.53. The minimum absolute atomic E-state index is 0.340. The lowest BCUT2D eigenvalue weighted by Crippen LogP contribution is -2.24. The van der Waals surface area contributed by atoms with Crippen LogP contribution >= 0.6 is 0 Å². The first kappa shape index (κ1) is 20.3. The number of rotatable bonds is 4. The van der Waals surface area contributed by atoms with Crippen molar-refractivity contribution in [1.29, 1.82) is 0 Å². The van der Waals surface area contributed by atoms with E-state index in [0.29, 0.717) is 28.1 Å². The highest BCUT2D eigenvalue weighted by atomic mass is 19.1. The van der Waals surface area contributed by atoms with Gasteiger partial charge in [0.25, 0.3) is 5.91 Å². The number of hydrogen-bond donors (Lipinski definition) is 2. The lowest BCUT2D eigenvalue weighted by Gasteiger charge is -2.23. The number of aromatic nitrogens is 2. The Balaban J connectivity index is 2.04. The molecular weight excluding hydrogens is 371 g/mol. The molecule has 0 radical (unpaired) electrons. The van der Waals surface area contributed by atoms with Crippen LogP contribution in [-0.2, 0) is 5.54 Å². The molecule has 3 aromatic rings. The van der Waals surface area contributed by atoms with Crippen molar-refractivity contribution in [3.63, 3.8) is 0 Å². The second-order valence-corrected chi connectivity index (χ2v) is 7.84. The van der Waals surface area contributed by atoms with Crippen molar-refractivity contribution >= 4 is 17.5 Å². The van der Waals surface area contributed by atoms with Gasteiger partial charge in [-0.1, -0.05) is 6.07 Å². The molecule has 0 saturated carbocycles. The van der Waals surface area contributed by atoms with Gasteiger partial charge in [-0.3, -0.25) is 14.3 Å². The Bertz CT molecular complexity index is 1080. The molecule has 2 amide bonds. The number of amides is 2. The summed E-state index contributed by atoms with van der Waals surface area (Å²) in [6.45, 7) is 7.67. The topological polar surface area (TPSA) is 90.0 Å². The van der Waals surface area contributed by atoms with Crippen LogP contribution in [0.3, 0.4) is 0 Å². The van der Waals surface area contributed by atoms with Gasteiger partial charge in [0.05, 0.1) is 23.0 Å². The van der Waals surface area contributed by atoms with Crippen LogP contribution in [0.5, 0.6) is 0 Å². The number of benzene rings is 2. The fourth-order valence-corrected chi connectivity index (χ4v) is 3.07. The predicted molar refractivity (Wildman–Crippen MR) is 110 cm³/mol. The summed E-state index contributed by atoms with van der Waals surface area (Å²) >= 11 is 0. The maximum absolute atomic E-state index is 13.4. The van der Waals surface area contributed by atoms with Crippen molar-refractivity contribution in [2.45, 2.75) is 33.2 Å². The first-order chi connectivity index (χ1) is 13.6. The third kappa shape index (κ3) is 4.18. The Labute approximate surface area is 168 Å². The van der Waals surface area contributed by atoms with Crippen molar-refractivity contribution in [2.24, 2.45) is 5.73 Å². The van der Waals surface area contributed by atoms with E-state index in [0.717, 1.165) is 5.56 Å². The highest BCUT2D eigenvalue weighted by Crippen LogP contribution is 2.30. The number of nitrogens with zero attached hydrogens (tertiary/aromatic N) is 2. The molecular formula is C22H23FN4O2. The fourth-order valence-electron chi connectivity index (χ4n) is 3.07. The lowest BCUT2D eigenvalue weighted by atomic mass is 10.0. The van der Waals surface area contributed by atoms with Crippen LogP contribution in [0.2, 0.25) is 0 Å². The molecule has 29 heavy (non-hydrogen) atoms. The Hall–Kier alpha value is -3.48. The first-order valence-corrected chi connectivity index (χ1v) is 9.14. The van der Waals surface area contributed by atoms with E-state index >= 15 is 0 Å². The highest BCUT2D eigenvalue weighted by Gasteiger charge is 2.25. The van der Waals surface area contributed by atoms with Gasteiger partial charge in [0, 0.05) is 16.8 Å². The maximum atomic E-state index is 13.4. The molecule has 0 unspecified atom stereocenters. The zero-order valence-corrected chi connectivity index (χ0v) is 16.8. The van der Waals surface area contributed by atoms with E-state index in [4.69, 9.17) is 5.73 Å². The number of nitrogens with two attached hydrogens (primary N) is 1. The number of anilines is 1.